The average molecular weight is 268 g/mol. The molecule has 96 valence electrons. The van der Waals surface area contributed by atoms with Crippen molar-refractivity contribution >= 4 is 23.4 Å². The van der Waals surface area contributed by atoms with Crippen LogP contribution in [0.25, 0.3) is 0 Å². The van der Waals surface area contributed by atoms with E-state index in [-0.39, 0.29) is 17.3 Å². The zero-order chi connectivity index (χ0) is 13.1. The van der Waals surface area contributed by atoms with Gasteiger partial charge in [-0.25, -0.2) is 0 Å². The van der Waals surface area contributed by atoms with Gasteiger partial charge in [0.1, 0.15) is 5.56 Å². The number of nitro groups is 1. The van der Waals surface area contributed by atoms with E-state index >= 15 is 0 Å². The van der Waals surface area contributed by atoms with Crippen LogP contribution < -0.4 is 5.32 Å². The Bertz CT molecular complexity index is 480. The quantitative estimate of drug-likeness (QED) is 0.625. The number of para-hydroxylation sites is 1. The first kappa shape index (κ1) is 12.8. The van der Waals surface area contributed by atoms with E-state index in [4.69, 9.17) is 0 Å². The molecule has 0 radical (unpaired) electrons. The molecule has 1 heterocycles. The molecule has 0 bridgehead atoms. The van der Waals surface area contributed by atoms with Crippen LogP contribution in [0.2, 0.25) is 0 Å². The number of carbonyl (C=O) groups is 1. The van der Waals surface area contributed by atoms with Gasteiger partial charge in [-0.15, -0.1) is 0 Å². The highest BCUT2D eigenvalue weighted by Gasteiger charge is 2.29. The fourth-order valence-corrected chi connectivity index (χ4v) is 2.92. The molecule has 1 saturated heterocycles. The number of aliphatic hydroxyl groups excluding tert-OH is 1. The molecule has 1 amide bonds. The minimum Gasteiger partial charge on any atom is -0.390 e. The highest BCUT2D eigenvalue weighted by molar-refractivity contribution is 7.99. The smallest absolute Gasteiger partial charge is 0.282 e. The molecule has 7 heteroatoms. The van der Waals surface area contributed by atoms with Crippen LogP contribution in [-0.4, -0.2) is 39.6 Å². The van der Waals surface area contributed by atoms with Crippen LogP contribution in [0.4, 0.5) is 5.69 Å². The van der Waals surface area contributed by atoms with E-state index in [1.54, 1.807) is 6.07 Å². The van der Waals surface area contributed by atoms with Crippen LogP contribution >= 0.6 is 11.8 Å². The molecule has 2 rings (SSSR count). The Kier molecular flexibility index (Phi) is 3.83. The molecule has 1 fully saturated rings. The molecule has 1 aliphatic rings. The number of nitrogens with zero attached hydrogens (tertiary/aromatic N) is 1. The molecule has 0 aromatic heterocycles. The number of benzene rings is 1. The maximum absolute atomic E-state index is 11.9. The van der Waals surface area contributed by atoms with Crippen molar-refractivity contribution in [1.82, 2.24) is 5.32 Å². The third-order valence-corrected chi connectivity index (χ3v) is 3.88. The molecule has 0 aliphatic carbocycles. The summed E-state index contributed by atoms with van der Waals surface area (Å²) in [5.74, 6) is 0.670. The molecule has 2 unspecified atom stereocenters. The number of amides is 1. The maximum atomic E-state index is 11.9. The fraction of sp³-hybridized carbons (Fsp3) is 0.364. The van der Waals surface area contributed by atoms with Crippen molar-refractivity contribution in [3.63, 3.8) is 0 Å². The van der Waals surface area contributed by atoms with Gasteiger partial charge in [-0.2, -0.15) is 11.8 Å². The van der Waals surface area contributed by atoms with Crippen molar-refractivity contribution < 1.29 is 14.8 Å². The molecule has 1 aromatic carbocycles. The molecule has 0 spiro atoms. The average Bonchev–Trinajstić information content (AvgIpc) is 2.75. The summed E-state index contributed by atoms with van der Waals surface area (Å²) >= 11 is 1.54. The first-order valence-electron chi connectivity index (χ1n) is 5.39. The predicted molar refractivity (Wildman–Crippen MR) is 67.7 cm³/mol. The number of nitrogens with one attached hydrogen (secondary N) is 1. The molecule has 2 N–H and O–H groups in total. The van der Waals surface area contributed by atoms with Crippen molar-refractivity contribution in [2.45, 2.75) is 12.1 Å². The molecule has 1 aliphatic heterocycles. The first-order chi connectivity index (χ1) is 8.59. The van der Waals surface area contributed by atoms with Crippen LogP contribution in [0, 0.1) is 10.1 Å². The monoisotopic (exact) mass is 268 g/mol. The number of rotatable bonds is 3. The lowest BCUT2D eigenvalue weighted by Gasteiger charge is -2.15. The molecule has 18 heavy (non-hydrogen) atoms. The Morgan fingerprint density at radius 1 is 1.44 bits per heavy atom. The summed E-state index contributed by atoms with van der Waals surface area (Å²) in [4.78, 5) is 22.1. The number of thioether (sulfide) groups is 1. The lowest BCUT2D eigenvalue weighted by atomic mass is 10.1. The summed E-state index contributed by atoms with van der Waals surface area (Å²) in [6, 6.07) is 5.43. The van der Waals surface area contributed by atoms with E-state index in [1.165, 1.54) is 30.0 Å². The summed E-state index contributed by atoms with van der Waals surface area (Å²) < 4.78 is 0. The van der Waals surface area contributed by atoms with Crippen molar-refractivity contribution in [3.8, 4) is 0 Å². The molecule has 0 saturated carbocycles. The van der Waals surface area contributed by atoms with Crippen molar-refractivity contribution in [2.75, 3.05) is 11.5 Å². The Hall–Kier alpha value is -1.60. The summed E-state index contributed by atoms with van der Waals surface area (Å²) in [6.45, 7) is 0. The zero-order valence-corrected chi connectivity index (χ0v) is 10.2. The number of hydrogen-bond donors (Lipinski definition) is 2. The van der Waals surface area contributed by atoms with Gasteiger partial charge in [-0.05, 0) is 6.07 Å². The normalized spacial score (nSPS) is 22.7. The topological polar surface area (TPSA) is 92.5 Å². The fourth-order valence-electron chi connectivity index (χ4n) is 1.75. The first-order valence-corrected chi connectivity index (χ1v) is 6.55. The molecule has 2 atom stereocenters. The lowest BCUT2D eigenvalue weighted by molar-refractivity contribution is -0.385. The van der Waals surface area contributed by atoms with Gasteiger partial charge in [-0.1, -0.05) is 12.1 Å². The predicted octanol–water partition coefficient (Wildman–Crippen LogP) is 0.801. The molecular formula is C11H12N2O4S. The van der Waals surface area contributed by atoms with Gasteiger partial charge in [-0.3, -0.25) is 14.9 Å². The van der Waals surface area contributed by atoms with Crippen molar-refractivity contribution in [1.29, 1.82) is 0 Å². The van der Waals surface area contributed by atoms with Crippen LogP contribution in [0.15, 0.2) is 24.3 Å². The van der Waals surface area contributed by atoms with E-state index in [0.717, 1.165) is 0 Å². The summed E-state index contributed by atoms with van der Waals surface area (Å²) in [5.41, 5.74) is -0.207. The van der Waals surface area contributed by atoms with Gasteiger partial charge in [0.15, 0.2) is 0 Å². The zero-order valence-electron chi connectivity index (χ0n) is 9.41. The second-order valence-corrected chi connectivity index (χ2v) is 5.03. The van der Waals surface area contributed by atoms with Crippen LogP contribution in [0.5, 0.6) is 0 Å². The minimum atomic E-state index is -0.596. The van der Waals surface area contributed by atoms with Crippen LogP contribution in [-0.2, 0) is 0 Å². The highest BCUT2D eigenvalue weighted by Crippen LogP contribution is 2.21. The van der Waals surface area contributed by atoms with E-state index in [0.29, 0.717) is 11.5 Å². The number of hydrogen-bond acceptors (Lipinski definition) is 5. The van der Waals surface area contributed by atoms with Crippen LogP contribution in [0.3, 0.4) is 0 Å². The minimum absolute atomic E-state index is 0.0200. The van der Waals surface area contributed by atoms with Crippen LogP contribution in [0.1, 0.15) is 10.4 Å². The van der Waals surface area contributed by atoms with E-state index in [9.17, 15) is 20.0 Å². The van der Waals surface area contributed by atoms with Gasteiger partial charge >= 0.3 is 0 Å². The second kappa shape index (κ2) is 5.36. The molecule has 6 nitrogen and oxygen atoms in total. The Balaban J connectivity index is 2.16. The Morgan fingerprint density at radius 2 is 2.17 bits per heavy atom. The van der Waals surface area contributed by atoms with E-state index in [1.807, 2.05) is 0 Å². The summed E-state index contributed by atoms with van der Waals surface area (Å²) in [5, 5.41) is 23.0. The van der Waals surface area contributed by atoms with Gasteiger partial charge in [0, 0.05) is 17.6 Å². The summed E-state index contributed by atoms with van der Waals surface area (Å²) in [7, 11) is 0. The van der Waals surface area contributed by atoms with Gasteiger partial charge < -0.3 is 10.4 Å². The van der Waals surface area contributed by atoms with Crippen molar-refractivity contribution in [2.24, 2.45) is 0 Å². The molecule has 1 aromatic rings. The summed E-state index contributed by atoms with van der Waals surface area (Å²) in [6.07, 6.45) is -0.596. The van der Waals surface area contributed by atoms with Gasteiger partial charge in [0.2, 0.25) is 0 Å². The number of nitro benzene ring substituents is 1. The maximum Gasteiger partial charge on any atom is 0.282 e. The third-order valence-electron chi connectivity index (χ3n) is 2.71. The standard InChI is InChI=1S/C11H12N2O4S/c14-10-6-18-5-8(10)12-11(15)7-3-1-2-4-9(7)13(16)17/h1-4,8,10,14H,5-6H2,(H,12,15). The number of carbonyl (C=O) groups excluding carboxylic acids is 1. The Labute approximate surface area is 108 Å². The van der Waals surface area contributed by atoms with Gasteiger partial charge in [0.05, 0.1) is 17.1 Å². The van der Waals surface area contributed by atoms with E-state index in [2.05, 4.69) is 5.32 Å². The molecular weight excluding hydrogens is 256 g/mol. The highest BCUT2D eigenvalue weighted by atomic mass is 32.2. The van der Waals surface area contributed by atoms with E-state index < -0.39 is 16.9 Å². The Morgan fingerprint density at radius 3 is 2.78 bits per heavy atom. The lowest BCUT2D eigenvalue weighted by Crippen LogP contribution is -2.42. The van der Waals surface area contributed by atoms with Crippen molar-refractivity contribution in [3.05, 3.63) is 39.9 Å². The number of aliphatic hydroxyl groups is 1. The second-order valence-electron chi connectivity index (χ2n) is 3.96. The SMILES string of the molecule is O=C(NC1CSCC1O)c1ccccc1[N+](=O)[O-]. The van der Waals surface area contributed by atoms with Gasteiger partial charge in [0.25, 0.3) is 11.6 Å². The third kappa shape index (κ3) is 2.62. The largest absolute Gasteiger partial charge is 0.390 e.